The van der Waals surface area contributed by atoms with E-state index < -0.39 is 59.2 Å². The van der Waals surface area contributed by atoms with Gasteiger partial charge in [-0.25, -0.2) is 9.59 Å². The number of alkyl carbamates (subject to hydrolysis) is 1. The molecule has 0 fully saturated rings. The van der Waals surface area contributed by atoms with E-state index in [1.807, 2.05) is 126 Å². The number of aromatic nitrogens is 4. The van der Waals surface area contributed by atoms with Crippen molar-refractivity contribution in [1.29, 1.82) is 0 Å². The van der Waals surface area contributed by atoms with Gasteiger partial charge in [-0.05, 0) is 72.9 Å². The van der Waals surface area contributed by atoms with Gasteiger partial charge in [-0.15, -0.1) is 0 Å². The SMILES string of the molecule is CCC(C)[C@H](C(=O)N[C@@H](Cc1ccccc1)C[C@H](O)[C@H](Cc1ccc(-c2ccccn2)cc1)NC(=O)[C@@H](NC(=O)OC)C(C)(C)C)c1[nH]c(=O)n(Cc2cccc(C)n2)c1O. The van der Waals surface area contributed by atoms with Crippen LogP contribution in [0.3, 0.4) is 0 Å². The highest BCUT2D eigenvalue weighted by Crippen LogP contribution is 2.32. The number of aliphatic hydroxyl groups is 1. The minimum Gasteiger partial charge on any atom is -0.493 e. The molecule has 0 spiro atoms. The molecule has 324 valence electrons. The Morgan fingerprint density at radius 1 is 0.869 bits per heavy atom. The van der Waals surface area contributed by atoms with Crippen LogP contribution in [-0.4, -0.2) is 79.0 Å². The molecule has 0 radical (unpaired) electrons. The number of nitrogens with one attached hydrogen (secondary N) is 4. The molecular formula is C47H59N7O7. The normalized spacial score (nSPS) is 14.5. The van der Waals surface area contributed by atoms with Crippen LogP contribution in [0.2, 0.25) is 0 Å². The first kappa shape index (κ1) is 45.8. The molecule has 61 heavy (non-hydrogen) atoms. The molecule has 3 amide bonds. The molecule has 14 heteroatoms. The Morgan fingerprint density at radius 2 is 1.56 bits per heavy atom. The topological polar surface area (TPSA) is 201 Å². The Balaban J connectivity index is 1.46. The highest BCUT2D eigenvalue weighted by atomic mass is 16.5. The molecule has 0 aliphatic heterocycles. The maximum atomic E-state index is 14.5. The van der Waals surface area contributed by atoms with Crippen LogP contribution in [0.25, 0.3) is 11.3 Å². The number of rotatable bonds is 18. The number of methoxy groups -OCH3 is 1. The zero-order chi connectivity index (χ0) is 44.3. The number of imidazole rings is 1. The van der Waals surface area contributed by atoms with Gasteiger partial charge in [0.25, 0.3) is 0 Å². The summed E-state index contributed by atoms with van der Waals surface area (Å²) in [5, 5.41) is 32.5. The number of aryl methyl sites for hydroxylation is 1. The fourth-order valence-electron chi connectivity index (χ4n) is 7.44. The first-order chi connectivity index (χ1) is 29.1. The van der Waals surface area contributed by atoms with E-state index in [2.05, 4.69) is 30.9 Å². The maximum absolute atomic E-state index is 14.5. The smallest absolute Gasteiger partial charge is 0.407 e. The van der Waals surface area contributed by atoms with E-state index in [4.69, 9.17) is 4.74 Å². The number of aliphatic hydroxyl groups excluding tert-OH is 1. The third-order valence-corrected chi connectivity index (χ3v) is 11.0. The van der Waals surface area contributed by atoms with E-state index in [1.54, 1.807) is 12.3 Å². The molecule has 3 heterocycles. The number of pyridine rings is 2. The van der Waals surface area contributed by atoms with Crippen molar-refractivity contribution in [3.63, 3.8) is 0 Å². The number of hydrogen-bond donors (Lipinski definition) is 6. The second kappa shape index (κ2) is 20.8. The molecule has 5 rings (SSSR count). The predicted octanol–water partition coefficient (Wildman–Crippen LogP) is 5.80. The lowest BCUT2D eigenvalue weighted by atomic mass is 9.85. The zero-order valence-electron chi connectivity index (χ0n) is 36.0. The number of ether oxygens (including phenoxy) is 1. The van der Waals surface area contributed by atoms with Crippen LogP contribution < -0.4 is 21.6 Å². The average Bonchev–Trinajstić information content (AvgIpc) is 3.50. The van der Waals surface area contributed by atoms with Gasteiger partial charge in [-0.3, -0.25) is 24.1 Å². The first-order valence-corrected chi connectivity index (χ1v) is 20.7. The third kappa shape index (κ3) is 12.4. The number of aromatic hydroxyl groups is 1. The standard InChI is InChI=1S/C47H59N7O7/c1-8-29(2)39(40-44(58)54(45(59)52-40)28-34-18-14-15-30(3)49-34)42(56)50-35(25-31-16-10-9-11-17-31)27-38(55)37(51-43(57)41(47(4,5)6)53-46(60)61-7)26-32-20-22-33(23-21-32)36-19-12-13-24-48-36/h9-24,29,35,37-39,41,55,58H,8,25-28H2,1-7H3,(H,50,56)(H,51,57)(H,52,59)(H,53,60)/t29?,35-,37-,38-,39-,41+/m0/s1. The van der Waals surface area contributed by atoms with Crippen molar-refractivity contribution < 1.29 is 29.3 Å². The molecule has 0 bridgehead atoms. The summed E-state index contributed by atoms with van der Waals surface area (Å²) in [6.45, 7) is 11.1. The number of aromatic amines is 1. The van der Waals surface area contributed by atoms with Crippen molar-refractivity contribution in [2.45, 2.75) is 104 Å². The summed E-state index contributed by atoms with van der Waals surface area (Å²) < 4.78 is 5.99. The van der Waals surface area contributed by atoms with Crippen molar-refractivity contribution in [3.8, 4) is 17.1 Å². The minimum absolute atomic E-state index is 0.00468. The van der Waals surface area contributed by atoms with Gasteiger partial charge >= 0.3 is 11.8 Å². The monoisotopic (exact) mass is 833 g/mol. The van der Waals surface area contributed by atoms with Gasteiger partial charge in [-0.2, -0.15) is 0 Å². The summed E-state index contributed by atoms with van der Waals surface area (Å²) in [5.41, 5.74) is 3.54. The number of hydrogen-bond acceptors (Lipinski definition) is 9. The molecule has 1 unspecified atom stereocenters. The molecule has 14 nitrogen and oxygen atoms in total. The van der Waals surface area contributed by atoms with Crippen LogP contribution in [-0.2, 0) is 33.7 Å². The number of nitrogens with zero attached hydrogens (tertiary/aromatic N) is 3. The lowest BCUT2D eigenvalue weighted by Crippen LogP contribution is -2.58. The Bertz CT molecular complexity index is 2270. The van der Waals surface area contributed by atoms with E-state index >= 15 is 0 Å². The summed E-state index contributed by atoms with van der Waals surface area (Å²) in [7, 11) is 1.22. The van der Waals surface area contributed by atoms with Crippen LogP contribution in [0, 0.1) is 18.3 Å². The molecule has 0 aliphatic carbocycles. The van der Waals surface area contributed by atoms with Crippen molar-refractivity contribution >= 4 is 17.9 Å². The Hall–Kier alpha value is -6.28. The lowest BCUT2D eigenvalue weighted by Gasteiger charge is -2.34. The molecule has 5 aromatic rings. The van der Waals surface area contributed by atoms with Crippen LogP contribution in [0.5, 0.6) is 5.88 Å². The van der Waals surface area contributed by atoms with E-state index in [0.29, 0.717) is 18.5 Å². The number of H-pyrrole nitrogens is 1. The molecule has 6 N–H and O–H groups in total. The van der Waals surface area contributed by atoms with Crippen LogP contribution in [0.1, 0.15) is 81.6 Å². The van der Waals surface area contributed by atoms with Gasteiger partial charge in [0.05, 0.1) is 48.8 Å². The molecule has 3 aromatic heterocycles. The Morgan fingerprint density at radius 3 is 2.18 bits per heavy atom. The summed E-state index contributed by atoms with van der Waals surface area (Å²) in [6, 6.07) is 25.7. The second-order valence-corrected chi connectivity index (χ2v) is 16.8. The number of amides is 3. The van der Waals surface area contributed by atoms with E-state index in [0.717, 1.165) is 28.1 Å². The second-order valence-electron chi connectivity index (χ2n) is 16.8. The van der Waals surface area contributed by atoms with Crippen molar-refractivity contribution in [1.82, 2.24) is 35.5 Å². The highest BCUT2D eigenvalue weighted by molar-refractivity contribution is 5.87. The summed E-state index contributed by atoms with van der Waals surface area (Å²) >= 11 is 0. The van der Waals surface area contributed by atoms with Gasteiger partial charge in [0, 0.05) is 23.5 Å². The van der Waals surface area contributed by atoms with Crippen molar-refractivity contribution in [3.05, 3.63) is 136 Å². The van der Waals surface area contributed by atoms with E-state index in [1.165, 1.54) is 11.7 Å². The average molecular weight is 834 g/mol. The quantitative estimate of drug-likeness (QED) is 0.0631. The molecule has 0 aliphatic rings. The molecule has 0 saturated carbocycles. The molecule has 0 saturated heterocycles. The van der Waals surface area contributed by atoms with Gasteiger partial charge in [0.15, 0.2) is 0 Å². The van der Waals surface area contributed by atoms with Crippen molar-refractivity contribution in [2.24, 2.45) is 11.3 Å². The Kier molecular flexibility index (Phi) is 15.6. The Labute approximate surface area is 357 Å². The summed E-state index contributed by atoms with van der Waals surface area (Å²) in [5.74, 6) is -2.57. The molecule has 2 aromatic carbocycles. The van der Waals surface area contributed by atoms with Gasteiger partial charge < -0.3 is 35.9 Å². The lowest BCUT2D eigenvalue weighted by molar-refractivity contribution is -0.128. The third-order valence-electron chi connectivity index (χ3n) is 11.0. The van der Waals surface area contributed by atoms with Crippen LogP contribution in [0.15, 0.2) is 102 Å². The van der Waals surface area contributed by atoms with E-state index in [-0.39, 0.29) is 36.9 Å². The fraction of sp³-hybridized carbons (Fsp3) is 0.404. The number of carbonyl (C=O) groups is 3. The molecular weight excluding hydrogens is 775 g/mol. The van der Waals surface area contributed by atoms with Crippen LogP contribution in [0.4, 0.5) is 4.79 Å². The zero-order valence-corrected chi connectivity index (χ0v) is 36.0. The number of carbonyl (C=O) groups excluding carboxylic acids is 3. The summed E-state index contributed by atoms with van der Waals surface area (Å²) in [6.07, 6.45) is 0.851. The highest BCUT2D eigenvalue weighted by Gasteiger charge is 2.37. The largest absolute Gasteiger partial charge is 0.493 e. The fourth-order valence-corrected chi connectivity index (χ4v) is 7.44. The number of benzene rings is 2. The minimum atomic E-state index is -1.20. The first-order valence-electron chi connectivity index (χ1n) is 20.7. The van der Waals surface area contributed by atoms with Crippen molar-refractivity contribution in [2.75, 3.05) is 7.11 Å². The molecule has 6 atom stereocenters. The van der Waals surface area contributed by atoms with Crippen LogP contribution >= 0.6 is 0 Å². The van der Waals surface area contributed by atoms with Gasteiger partial charge in [0.1, 0.15) is 6.04 Å². The van der Waals surface area contributed by atoms with E-state index in [9.17, 15) is 29.4 Å². The van der Waals surface area contributed by atoms with Gasteiger partial charge in [0.2, 0.25) is 17.7 Å². The van der Waals surface area contributed by atoms with Gasteiger partial charge in [-0.1, -0.05) is 108 Å². The predicted molar refractivity (Wildman–Crippen MR) is 234 cm³/mol. The summed E-state index contributed by atoms with van der Waals surface area (Å²) in [4.78, 5) is 65.9. The maximum Gasteiger partial charge on any atom is 0.407 e.